The largest absolute Gasteiger partial charge is 0.439 e. The van der Waals surface area contributed by atoms with E-state index in [4.69, 9.17) is 4.74 Å². The van der Waals surface area contributed by atoms with Crippen LogP contribution in [-0.4, -0.2) is 24.0 Å². The Labute approximate surface area is 143 Å². The second kappa shape index (κ2) is 7.57. The molecule has 1 fully saturated rings. The summed E-state index contributed by atoms with van der Waals surface area (Å²) in [4.78, 5) is 16.4. The Balaban J connectivity index is 1.59. The maximum absolute atomic E-state index is 12.2. The normalized spacial score (nSPS) is 15.2. The molecule has 1 amide bonds. The second-order valence-electron chi connectivity index (χ2n) is 5.46. The van der Waals surface area contributed by atoms with Crippen molar-refractivity contribution < 1.29 is 9.53 Å². The van der Waals surface area contributed by atoms with E-state index in [0.29, 0.717) is 17.3 Å². The van der Waals surface area contributed by atoms with Gasteiger partial charge in [-0.25, -0.2) is 4.98 Å². The highest BCUT2D eigenvalue weighted by Crippen LogP contribution is 2.24. The summed E-state index contributed by atoms with van der Waals surface area (Å²) < 4.78 is 6.62. The van der Waals surface area contributed by atoms with Crippen molar-refractivity contribution in [2.75, 3.05) is 18.4 Å². The zero-order valence-electron chi connectivity index (χ0n) is 12.6. The molecule has 0 aliphatic carbocycles. The topological polar surface area (TPSA) is 63.2 Å². The van der Waals surface area contributed by atoms with Crippen molar-refractivity contribution in [3.63, 3.8) is 0 Å². The first-order valence-corrected chi connectivity index (χ1v) is 8.41. The van der Waals surface area contributed by atoms with Crippen LogP contribution in [0.15, 0.2) is 47.1 Å². The number of aromatic nitrogens is 1. The summed E-state index contributed by atoms with van der Waals surface area (Å²) in [6, 6.07) is 11.1. The number of hydrogen-bond donors (Lipinski definition) is 2. The molecular formula is C17H18BrN3O2. The summed E-state index contributed by atoms with van der Waals surface area (Å²) in [5.41, 5.74) is 0.690. The zero-order chi connectivity index (χ0) is 16.1. The Kier molecular flexibility index (Phi) is 5.25. The number of pyridine rings is 1. The minimum Gasteiger partial charge on any atom is -0.439 e. The minimum atomic E-state index is 0.0639. The summed E-state index contributed by atoms with van der Waals surface area (Å²) in [5.74, 6) is 1.34. The Bertz CT molecular complexity index is 670. The Hall–Kier alpha value is -1.92. The average Bonchev–Trinajstić information content (AvgIpc) is 2.57. The number of piperidine rings is 1. The van der Waals surface area contributed by atoms with Crippen molar-refractivity contribution >= 4 is 27.5 Å². The van der Waals surface area contributed by atoms with Gasteiger partial charge in [-0.3, -0.25) is 4.79 Å². The first-order valence-electron chi connectivity index (χ1n) is 7.62. The van der Waals surface area contributed by atoms with Gasteiger partial charge in [-0.1, -0.05) is 22.0 Å². The van der Waals surface area contributed by atoms with Crippen molar-refractivity contribution in [1.29, 1.82) is 0 Å². The maximum Gasteiger partial charge on any atom is 0.227 e. The molecule has 0 unspecified atom stereocenters. The molecule has 2 N–H and O–H groups in total. The van der Waals surface area contributed by atoms with Crippen molar-refractivity contribution in [2.24, 2.45) is 5.92 Å². The number of hydrogen-bond acceptors (Lipinski definition) is 4. The lowest BCUT2D eigenvalue weighted by Gasteiger charge is -2.21. The monoisotopic (exact) mass is 375 g/mol. The molecule has 2 aromatic rings. The summed E-state index contributed by atoms with van der Waals surface area (Å²) in [6.07, 6.45) is 3.37. The SMILES string of the molecule is O=C(Nc1ccc(Oc2cccc(Br)c2)nc1)C1CCNCC1. The highest BCUT2D eigenvalue weighted by molar-refractivity contribution is 9.10. The molecule has 2 heterocycles. The highest BCUT2D eigenvalue weighted by Gasteiger charge is 2.20. The molecule has 1 aromatic heterocycles. The number of carbonyl (C=O) groups is 1. The number of halogens is 1. The van der Waals surface area contributed by atoms with Crippen LogP contribution in [0.3, 0.4) is 0 Å². The smallest absolute Gasteiger partial charge is 0.227 e. The van der Waals surface area contributed by atoms with Gasteiger partial charge in [-0.2, -0.15) is 0 Å². The molecule has 1 aliphatic heterocycles. The molecule has 5 nitrogen and oxygen atoms in total. The van der Waals surface area contributed by atoms with E-state index in [1.54, 1.807) is 18.3 Å². The first kappa shape index (κ1) is 16.0. The van der Waals surface area contributed by atoms with Gasteiger partial charge in [0, 0.05) is 16.5 Å². The minimum absolute atomic E-state index is 0.0639. The number of benzene rings is 1. The molecule has 0 bridgehead atoms. The summed E-state index contributed by atoms with van der Waals surface area (Å²) in [5, 5.41) is 6.18. The predicted octanol–water partition coefficient (Wildman–Crippen LogP) is 3.57. The molecule has 0 atom stereocenters. The Morgan fingerprint density at radius 1 is 1.26 bits per heavy atom. The molecule has 0 saturated carbocycles. The van der Waals surface area contributed by atoms with Crippen molar-refractivity contribution in [2.45, 2.75) is 12.8 Å². The van der Waals surface area contributed by atoms with E-state index in [-0.39, 0.29) is 11.8 Å². The van der Waals surface area contributed by atoms with Gasteiger partial charge in [0.1, 0.15) is 5.75 Å². The van der Waals surface area contributed by atoms with E-state index in [0.717, 1.165) is 30.4 Å². The number of ether oxygens (including phenoxy) is 1. The highest BCUT2D eigenvalue weighted by atomic mass is 79.9. The number of anilines is 1. The van der Waals surface area contributed by atoms with E-state index in [9.17, 15) is 4.79 Å². The van der Waals surface area contributed by atoms with Crippen LogP contribution in [0.5, 0.6) is 11.6 Å². The number of carbonyl (C=O) groups excluding carboxylic acids is 1. The fourth-order valence-electron chi connectivity index (χ4n) is 2.49. The molecular weight excluding hydrogens is 358 g/mol. The fraction of sp³-hybridized carbons (Fsp3) is 0.294. The molecule has 120 valence electrons. The van der Waals surface area contributed by atoms with E-state index in [1.807, 2.05) is 24.3 Å². The number of nitrogens with one attached hydrogen (secondary N) is 2. The van der Waals surface area contributed by atoms with Crippen LogP contribution < -0.4 is 15.4 Å². The molecule has 6 heteroatoms. The Morgan fingerprint density at radius 2 is 2.09 bits per heavy atom. The van der Waals surface area contributed by atoms with Gasteiger partial charge in [0.15, 0.2) is 0 Å². The molecule has 0 spiro atoms. The van der Waals surface area contributed by atoms with Crippen molar-refractivity contribution in [1.82, 2.24) is 10.3 Å². The standard InChI is InChI=1S/C17H18BrN3O2/c18-13-2-1-3-15(10-13)23-16-5-4-14(11-20-16)21-17(22)12-6-8-19-9-7-12/h1-5,10-12,19H,6-9H2,(H,21,22). The van der Waals surface area contributed by atoms with Gasteiger partial charge in [0.25, 0.3) is 0 Å². The summed E-state index contributed by atoms with van der Waals surface area (Å²) in [7, 11) is 0. The van der Waals surface area contributed by atoms with Crippen LogP contribution in [0.2, 0.25) is 0 Å². The molecule has 1 saturated heterocycles. The molecule has 23 heavy (non-hydrogen) atoms. The fourth-order valence-corrected chi connectivity index (χ4v) is 2.87. The molecule has 0 radical (unpaired) electrons. The molecule has 1 aliphatic rings. The maximum atomic E-state index is 12.2. The van der Waals surface area contributed by atoms with E-state index >= 15 is 0 Å². The third-order valence-corrected chi connectivity index (χ3v) is 4.23. The lowest BCUT2D eigenvalue weighted by atomic mass is 9.97. The molecule has 3 rings (SSSR count). The third kappa shape index (κ3) is 4.53. The van der Waals surface area contributed by atoms with E-state index in [2.05, 4.69) is 31.5 Å². The van der Waals surface area contributed by atoms with Gasteiger partial charge in [-0.15, -0.1) is 0 Å². The number of rotatable bonds is 4. The van der Waals surface area contributed by atoms with Crippen molar-refractivity contribution in [3.05, 3.63) is 47.1 Å². The van der Waals surface area contributed by atoms with Crippen molar-refractivity contribution in [3.8, 4) is 11.6 Å². The number of nitrogens with zero attached hydrogens (tertiary/aromatic N) is 1. The quantitative estimate of drug-likeness (QED) is 0.857. The third-order valence-electron chi connectivity index (χ3n) is 3.73. The van der Waals surface area contributed by atoms with Crippen LogP contribution in [0, 0.1) is 5.92 Å². The summed E-state index contributed by atoms with van der Waals surface area (Å²) in [6.45, 7) is 1.80. The average molecular weight is 376 g/mol. The van der Waals surface area contributed by atoms with Crippen LogP contribution in [-0.2, 0) is 4.79 Å². The lowest BCUT2D eigenvalue weighted by Crippen LogP contribution is -2.34. The lowest BCUT2D eigenvalue weighted by molar-refractivity contribution is -0.120. The molecule has 1 aromatic carbocycles. The van der Waals surface area contributed by atoms with E-state index < -0.39 is 0 Å². The van der Waals surface area contributed by atoms with Gasteiger partial charge >= 0.3 is 0 Å². The zero-order valence-corrected chi connectivity index (χ0v) is 14.2. The van der Waals surface area contributed by atoms with Crippen LogP contribution in [0.1, 0.15) is 12.8 Å². The second-order valence-corrected chi connectivity index (χ2v) is 6.37. The summed E-state index contributed by atoms with van der Waals surface area (Å²) >= 11 is 3.40. The Morgan fingerprint density at radius 3 is 2.78 bits per heavy atom. The van der Waals surface area contributed by atoms with Crippen LogP contribution >= 0.6 is 15.9 Å². The first-order chi connectivity index (χ1) is 11.2. The van der Waals surface area contributed by atoms with Gasteiger partial charge < -0.3 is 15.4 Å². The van der Waals surface area contributed by atoms with Gasteiger partial charge in [0.2, 0.25) is 11.8 Å². The van der Waals surface area contributed by atoms with E-state index in [1.165, 1.54) is 0 Å². The van der Waals surface area contributed by atoms with Crippen LogP contribution in [0.25, 0.3) is 0 Å². The van der Waals surface area contributed by atoms with Crippen LogP contribution in [0.4, 0.5) is 5.69 Å². The van der Waals surface area contributed by atoms with Gasteiger partial charge in [-0.05, 0) is 50.2 Å². The van der Waals surface area contributed by atoms with Gasteiger partial charge in [0.05, 0.1) is 11.9 Å². The predicted molar refractivity (Wildman–Crippen MR) is 92.7 cm³/mol. The number of amides is 1.